The third-order valence-corrected chi connectivity index (χ3v) is 6.68. The number of aromatic nitrogens is 2. The number of carbonyl (C=O) groups excluding carboxylic acids is 1. The van der Waals surface area contributed by atoms with Crippen LogP contribution < -0.4 is 4.74 Å². The quantitative estimate of drug-likeness (QED) is 0.706. The molecular formula is C24H28FN3O3. The normalized spacial score (nSPS) is 24.9. The summed E-state index contributed by atoms with van der Waals surface area (Å²) < 4.78 is 26.1. The maximum atomic E-state index is 14.3. The first-order chi connectivity index (χ1) is 15.0. The van der Waals surface area contributed by atoms with Gasteiger partial charge >= 0.3 is 6.09 Å². The lowest BCUT2D eigenvalue weighted by atomic mass is 10.00. The summed E-state index contributed by atoms with van der Waals surface area (Å²) in [6.07, 6.45) is 7.37. The minimum absolute atomic E-state index is 0.0000333. The summed E-state index contributed by atoms with van der Waals surface area (Å²) in [5.41, 5.74) is 3.11. The average Bonchev–Trinajstić information content (AvgIpc) is 3.50. The van der Waals surface area contributed by atoms with Crippen molar-refractivity contribution in [3.05, 3.63) is 52.7 Å². The molecule has 164 valence electrons. The van der Waals surface area contributed by atoms with Crippen molar-refractivity contribution >= 4 is 6.09 Å². The molecule has 2 aliphatic heterocycles. The van der Waals surface area contributed by atoms with Gasteiger partial charge in [-0.05, 0) is 56.7 Å². The number of hydrogen-bond donors (Lipinski definition) is 0. The SMILES string of the molecule is Cc1ccc(Cc2ncnc(OC3CC4CCC(C3)N4C(=O)OC3CC3)c2C)c(F)c1. The van der Waals surface area contributed by atoms with Gasteiger partial charge in [-0.2, -0.15) is 0 Å². The average molecular weight is 426 g/mol. The standard InChI is InChI=1S/C24H28FN3O3/c1-14-3-4-16(21(25)9-14)10-22-15(2)23(27-13-26-22)30-20-11-17-5-6-18(12-20)28(17)24(29)31-19-7-8-19/h3-4,9,13,17-20H,5-8,10-12H2,1-2H3. The van der Waals surface area contributed by atoms with E-state index in [4.69, 9.17) is 9.47 Å². The van der Waals surface area contributed by atoms with E-state index in [2.05, 4.69) is 9.97 Å². The van der Waals surface area contributed by atoms with E-state index >= 15 is 0 Å². The van der Waals surface area contributed by atoms with Gasteiger partial charge in [0.15, 0.2) is 0 Å². The summed E-state index contributed by atoms with van der Waals surface area (Å²) in [5.74, 6) is 0.332. The summed E-state index contributed by atoms with van der Waals surface area (Å²) >= 11 is 0. The topological polar surface area (TPSA) is 64.6 Å². The largest absolute Gasteiger partial charge is 0.474 e. The number of rotatable bonds is 5. The molecule has 1 amide bonds. The summed E-state index contributed by atoms with van der Waals surface area (Å²) in [4.78, 5) is 23.2. The van der Waals surface area contributed by atoms with E-state index in [0.29, 0.717) is 17.9 Å². The van der Waals surface area contributed by atoms with Crippen LogP contribution in [0.1, 0.15) is 60.9 Å². The van der Waals surface area contributed by atoms with Crippen molar-refractivity contribution < 1.29 is 18.7 Å². The number of benzene rings is 1. The van der Waals surface area contributed by atoms with Gasteiger partial charge in [0.05, 0.1) is 5.69 Å². The molecule has 3 fully saturated rings. The van der Waals surface area contributed by atoms with E-state index in [1.807, 2.05) is 24.8 Å². The van der Waals surface area contributed by atoms with Gasteiger partial charge < -0.3 is 14.4 Å². The fourth-order valence-corrected chi connectivity index (χ4v) is 4.81. The smallest absolute Gasteiger partial charge is 0.410 e. The van der Waals surface area contributed by atoms with Crippen LogP contribution >= 0.6 is 0 Å². The van der Waals surface area contributed by atoms with Gasteiger partial charge in [-0.1, -0.05) is 12.1 Å². The van der Waals surface area contributed by atoms with Crippen LogP contribution in [0, 0.1) is 19.7 Å². The van der Waals surface area contributed by atoms with Gasteiger partial charge in [0.1, 0.15) is 24.4 Å². The van der Waals surface area contributed by atoms with E-state index < -0.39 is 0 Å². The molecule has 1 saturated carbocycles. The first kappa shape index (κ1) is 20.2. The molecule has 0 spiro atoms. The molecule has 2 bridgehead atoms. The van der Waals surface area contributed by atoms with Crippen LogP contribution in [0.5, 0.6) is 5.88 Å². The predicted molar refractivity (Wildman–Crippen MR) is 113 cm³/mol. The number of halogens is 1. The van der Waals surface area contributed by atoms with Crippen LogP contribution in [0.15, 0.2) is 24.5 Å². The fourth-order valence-electron chi connectivity index (χ4n) is 4.81. The molecule has 1 aliphatic carbocycles. The first-order valence-electron chi connectivity index (χ1n) is 11.2. The lowest BCUT2D eigenvalue weighted by molar-refractivity contribution is 0.0289. The van der Waals surface area contributed by atoms with Crippen LogP contribution in [-0.4, -0.2) is 45.3 Å². The van der Waals surface area contributed by atoms with E-state index in [0.717, 1.165) is 55.3 Å². The lowest BCUT2D eigenvalue weighted by Gasteiger charge is -2.38. The van der Waals surface area contributed by atoms with Crippen molar-refractivity contribution in [2.45, 2.75) is 83.1 Å². The molecule has 2 atom stereocenters. The molecule has 6 nitrogen and oxygen atoms in total. The van der Waals surface area contributed by atoms with Crippen molar-refractivity contribution in [1.29, 1.82) is 0 Å². The molecule has 2 aromatic rings. The highest BCUT2D eigenvalue weighted by atomic mass is 19.1. The van der Waals surface area contributed by atoms with Crippen LogP contribution in [0.4, 0.5) is 9.18 Å². The Hall–Kier alpha value is -2.70. The molecule has 0 radical (unpaired) electrons. The Balaban J connectivity index is 1.27. The predicted octanol–water partition coefficient (Wildman–Crippen LogP) is 4.50. The number of hydrogen-bond acceptors (Lipinski definition) is 5. The van der Waals surface area contributed by atoms with Gasteiger partial charge in [0.25, 0.3) is 0 Å². The zero-order valence-corrected chi connectivity index (χ0v) is 18.0. The minimum Gasteiger partial charge on any atom is -0.474 e. The molecule has 2 saturated heterocycles. The monoisotopic (exact) mass is 425 g/mol. The third-order valence-electron chi connectivity index (χ3n) is 6.68. The van der Waals surface area contributed by atoms with Gasteiger partial charge in [-0.15, -0.1) is 0 Å². The fraction of sp³-hybridized carbons (Fsp3) is 0.542. The molecule has 7 heteroatoms. The summed E-state index contributed by atoms with van der Waals surface area (Å²) in [7, 11) is 0. The number of amides is 1. The van der Waals surface area contributed by atoms with Gasteiger partial charge in [-0.25, -0.2) is 19.2 Å². The van der Waals surface area contributed by atoms with Crippen molar-refractivity contribution in [2.75, 3.05) is 0 Å². The number of aryl methyl sites for hydroxylation is 1. The van der Waals surface area contributed by atoms with Crippen molar-refractivity contribution in [3.8, 4) is 5.88 Å². The van der Waals surface area contributed by atoms with Crippen LogP contribution in [0.2, 0.25) is 0 Å². The third kappa shape index (κ3) is 4.23. The maximum Gasteiger partial charge on any atom is 0.410 e. The van der Waals surface area contributed by atoms with Gasteiger partial charge in [0, 0.05) is 36.9 Å². The molecule has 1 aromatic carbocycles. The minimum atomic E-state index is -0.220. The number of carbonyl (C=O) groups is 1. The van der Waals surface area contributed by atoms with E-state index in [-0.39, 0.29) is 36.2 Å². The molecule has 3 aliphatic rings. The second kappa shape index (κ2) is 8.09. The number of piperidine rings is 1. The van der Waals surface area contributed by atoms with Crippen LogP contribution in [0.3, 0.4) is 0 Å². The van der Waals surface area contributed by atoms with E-state index in [1.165, 1.54) is 6.33 Å². The Morgan fingerprint density at radius 2 is 1.84 bits per heavy atom. The zero-order chi connectivity index (χ0) is 21.5. The Morgan fingerprint density at radius 1 is 1.10 bits per heavy atom. The Morgan fingerprint density at radius 3 is 2.52 bits per heavy atom. The van der Waals surface area contributed by atoms with Crippen LogP contribution in [-0.2, 0) is 11.2 Å². The Kier molecular flexibility index (Phi) is 5.28. The molecule has 1 aromatic heterocycles. The summed E-state index contributed by atoms with van der Waals surface area (Å²) in [6, 6.07) is 5.59. The second-order valence-electron chi connectivity index (χ2n) is 9.11. The maximum absolute atomic E-state index is 14.3. The highest BCUT2D eigenvalue weighted by molar-refractivity contribution is 5.69. The molecule has 2 unspecified atom stereocenters. The molecule has 0 N–H and O–H groups in total. The lowest BCUT2D eigenvalue weighted by Crippen LogP contribution is -2.49. The van der Waals surface area contributed by atoms with E-state index in [1.54, 1.807) is 12.1 Å². The Bertz CT molecular complexity index is 980. The summed E-state index contributed by atoms with van der Waals surface area (Å²) in [6.45, 7) is 3.80. The van der Waals surface area contributed by atoms with Gasteiger partial charge in [0.2, 0.25) is 5.88 Å². The number of nitrogens with zero attached hydrogens (tertiary/aromatic N) is 3. The molecule has 3 heterocycles. The van der Waals surface area contributed by atoms with Gasteiger partial charge in [-0.3, -0.25) is 0 Å². The van der Waals surface area contributed by atoms with Crippen LogP contribution in [0.25, 0.3) is 0 Å². The summed E-state index contributed by atoms with van der Waals surface area (Å²) in [5, 5.41) is 0. The molecule has 5 rings (SSSR count). The number of fused-ring (bicyclic) bond motifs is 2. The Labute approximate surface area is 181 Å². The van der Waals surface area contributed by atoms with E-state index in [9.17, 15) is 9.18 Å². The van der Waals surface area contributed by atoms with Crippen molar-refractivity contribution in [2.24, 2.45) is 0 Å². The molecule has 31 heavy (non-hydrogen) atoms. The number of ether oxygens (including phenoxy) is 2. The second-order valence-corrected chi connectivity index (χ2v) is 9.11. The van der Waals surface area contributed by atoms with Crippen molar-refractivity contribution in [1.82, 2.24) is 14.9 Å². The first-order valence-corrected chi connectivity index (χ1v) is 11.2. The molecular weight excluding hydrogens is 397 g/mol. The highest BCUT2D eigenvalue weighted by Gasteiger charge is 2.46. The highest BCUT2D eigenvalue weighted by Crippen LogP contribution is 2.39. The zero-order valence-electron chi connectivity index (χ0n) is 18.0. The van der Waals surface area contributed by atoms with Crippen molar-refractivity contribution in [3.63, 3.8) is 0 Å².